The number of carbonyl (C=O) groups excluding carboxylic acids is 2. The van der Waals surface area contributed by atoms with Gasteiger partial charge in [0.05, 0.1) is 6.42 Å². The number of amides is 2. The van der Waals surface area contributed by atoms with Crippen molar-refractivity contribution in [2.24, 2.45) is 0 Å². The van der Waals surface area contributed by atoms with E-state index in [1.165, 1.54) is 0 Å². The fourth-order valence-corrected chi connectivity index (χ4v) is 2.92. The number of rotatable bonds is 4. The molecule has 7 nitrogen and oxygen atoms in total. The van der Waals surface area contributed by atoms with E-state index < -0.39 is 0 Å². The van der Waals surface area contributed by atoms with Crippen molar-refractivity contribution >= 4 is 23.4 Å². The standard InChI is InChI=1S/C17H19ClN4O3/c1-2-14-19-16(25-20-14)17(24)22-8-6-21(7-9-22)15(23)11-12-4-3-5-13(18)10-12/h3-5,10H,2,6-9,11H2,1H3. The minimum atomic E-state index is -0.283. The van der Waals surface area contributed by atoms with E-state index in [9.17, 15) is 9.59 Å². The average molecular weight is 363 g/mol. The van der Waals surface area contributed by atoms with Crippen molar-refractivity contribution in [3.63, 3.8) is 0 Å². The Morgan fingerprint density at radius 2 is 1.92 bits per heavy atom. The first kappa shape index (κ1) is 17.4. The molecule has 1 aliphatic heterocycles. The zero-order valence-corrected chi connectivity index (χ0v) is 14.7. The second kappa shape index (κ2) is 7.65. The van der Waals surface area contributed by atoms with E-state index in [1.807, 2.05) is 19.1 Å². The highest BCUT2D eigenvalue weighted by molar-refractivity contribution is 6.30. The normalized spacial score (nSPS) is 14.6. The van der Waals surface area contributed by atoms with Gasteiger partial charge in [-0.1, -0.05) is 35.8 Å². The van der Waals surface area contributed by atoms with Gasteiger partial charge in [0.2, 0.25) is 5.91 Å². The fourth-order valence-electron chi connectivity index (χ4n) is 2.71. The van der Waals surface area contributed by atoms with Gasteiger partial charge in [0.25, 0.3) is 0 Å². The Morgan fingerprint density at radius 1 is 1.20 bits per heavy atom. The molecule has 1 aliphatic rings. The molecule has 1 aromatic heterocycles. The van der Waals surface area contributed by atoms with Crippen LogP contribution in [0.15, 0.2) is 28.8 Å². The van der Waals surface area contributed by atoms with E-state index in [0.717, 1.165) is 5.56 Å². The van der Waals surface area contributed by atoms with E-state index in [4.69, 9.17) is 16.1 Å². The minimum Gasteiger partial charge on any atom is -0.339 e. The Labute approximate surface area is 150 Å². The lowest BCUT2D eigenvalue weighted by Crippen LogP contribution is -2.51. The van der Waals surface area contributed by atoms with Crippen LogP contribution in [0.1, 0.15) is 29.0 Å². The van der Waals surface area contributed by atoms with Gasteiger partial charge >= 0.3 is 11.8 Å². The van der Waals surface area contributed by atoms with Crippen LogP contribution in [-0.4, -0.2) is 57.9 Å². The van der Waals surface area contributed by atoms with Crippen LogP contribution in [0, 0.1) is 0 Å². The molecule has 132 valence electrons. The maximum atomic E-state index is 12.4. The summed E-state index contributed by atoms with van der Waals surface area (Å²) < 4.78 is 4.99. The lowest BCUT2D eigenvalue weighted by Gasteiger charge is -2.34. The van der Waals surface area contributed by atoms with Crippen LogP contribution in [0.3, 0.4) is 0 Å². The average Bonchev–Trinajstić information content (AvgIpc) is 3.10. The molecule has 2 heterocycles. The molecule has 1 aromatic carbocycles. The quantitative estimate of drug-likeness (QED) is 0.828. The zero-order chi connectivity index (χ0) is 17.8. The van der Waals surface area contributed by atoms with Crippen LogP contribution in [0.5, 0.6) is 0 Å². The summed E-state index contributed by atoms with van der Waals surface area (Å²) in [6, 6.07) is 7.28. The summed E-state index contributed by atoms with van der Waals surface area (Å²) in [5.41, 5.74) is 0.883. The lowest BCUT2D eigenvalue weighted by molar-refractivity contribution is -0.131. The first-order valence-electron chi connectivity index (χ1n) is 8.21. The Hall–Kier alpha value is -2.41. The zero-order valence-electron chi connectivity index (χ0n) is 13.9. The summed E-state index contributed by atoms with van der Waals surface area (Å²) in [5.74, 6) is 0.267. The lowest BCUT2D eigenvalue weighted by atomic mass is 10.1. The smallest absolute Gasteiger partial charge is 0.316 e. The summed E-state index contributed by atoms with van der Waals surface area (Å²) in [5, 5.41) is 4.36. The molecule has 0 radical (unpaired) electrons. The number of hydrogen-bond donors (Lipinski definition) is 0. The van der Waals surface area contributed by atoms with E-state index in [-0.39, 0.29) is 17.7 Å². The van der Waals surface area contributed by atoms with Crippen molar-refractivity contribution < 1.29 is 14.1 Å². The highest BCUT2D eigenvalue weighted by atomic mass is 35.5. The van der Waals surface area contributed by atoms with Crippen LogP contribution in [0.2, 0.25) is 5.02 Å². The van der Waals surface area contributed by atoms with Crippen molar-refractivity contribution in [2.45, 2.75) is 19.8 Å². The molecular formula is C17H19ClN4O3. The molecule has 1 saturated heterocycles. The largest absolute Gasteiger partial charge is 0.339 e. The molecule has 0 unspecified atom stereocenters. The number of halogens is 1. The maximum Gasteiger partial charge on any atom is 0.316 e. The summed E-state index contributed by atoms with van der Waals surface area (Å²) in [6.45, 7) is 3.76. The van der Waals surface area contributed by atoms with E-state index in [2.05, 4.69) is 10.1 Å². The van der Waals surface area contributed by atoms with Gasteiger partial charge in [0.15, 0.2) is 5.82 Å². The molecular weight excluding hydrogens is 344 g/mol. The molecule has 0 N–H and O–H groups in total. The molecule has 0 aliphatic carbocycles. The first-order chi connectivity index (χ1) is 12.1. The van der Waals surface area contributed by atoms with Gasteiger partial charge in [-0.2, -0.15) is 4.98 Å². The molecule has 2 amide bonds. The number of carbonyl (C=O) groups is 2. The van der Waals surface area contributed by atoms with E-state index in [0.29, 0.717) is 49.9 Å². The first-order valence-corrected chi connectivity index (χ1v) is 8.58. The van der Waals surface area contributed by atoms with Gasteiger partial charge in [0.1, 0.15) is 0 Å². The summed E-state index contributed by atoms with van der Waals surface area (Å²) in [4.78, 5) is 32.2. The third kappa shape index (κ3) is 4.17. The highest BCUT2D eigenvalue weighted by Gasteiger charge is 2.27. The number of hydrogen-bond acceptors (Lipinski definition) is 5. The van der Waals surface area contributed by atoms with Crippen LogP contribution in [-0.2, 0) is 17.6 Å². The topological polar surface area (TPSA) is 79.5 Å². The third-order valence-corrected chi connectivity index (χ3v) is 4.37. The van der Waals surface area contributed by atoms with E-state index in [1.54, 1.807) is 21.9 Å². The van der Waals surface area contributed by atoms with Crippen molar-refractivity contribution in [3.05, 3.63) is 46.6 Å². The Kier molecular flexibility index (Phi) is 5.33. The minimum absolute atomic E-state index is 0.00977. The van der Waals surface area contributed by atoms with Gasteiger partial charge in [-0.25, -0.2) is 0 Å². The van der Waals surface area contributed by atoms with Crippen LogP contribution in [0.4, 0.5) is 0 Å². The van der Waals surface area contributed by atoms with Crippen LogP contribution in [0.25, 0.3) is 0 Å². The molecule has 3 rings (SSSR count). The second-order valence-corrected chi connectivity index (χ2v) is 6.29. The van der Waals surface area contributed by atoms with Crippen LogP contribution >= 0.6 is 11.6 Å². The fraction of sp³-hybridized carbons (Fsp3) is 0.412. The number of piperazine rings is 1. The predicted molar refractivity (Wildman–Crippen MR) is 91.3 cm³/mol. The highest BCUT2D eigenvalue weighted by Crippen LogP contribution is 2.13. The Morgan fingerprint density at radius 3 is 2.56 bits per heavy atom. The van der Waals surface area contributed by atoms with Gasteiger partial charge in [-0.15, -0.1) is 0 Å². The van der Waals surface area contributed by atoms with Gasteiger partial charge in [-0.3, -0.25) is 9.59 Å². The number of aryl methyl sites for hydroxylation is 1. The number of benzene rings is 1. The number of nitrogens with zero attached hydrogens (tertiary/aromatic N) is 4. The van der Waals surface area contributed by atoms with Gasteiger partial charge in [0, 0.05) is 37.6 Å². The van der Waals surface area contributed by atoms with Gasteiger partial charge < -0.3 is 14.3 Å². The SMILES string of the molecule is CCc1noc(C(=O)N2CCN(C(=O)Cc3cccc(Cl)c3)CC2)n1. The molecule has 25 heavy (non-hydrogen) atoms. The molecule has 0 saturated carbocycles. The molecule has 0 spiro atoms. The van der Waals surface area contributed by atoms with Crippen molar-refractivity contribution in [2.75, 3.05) is 26.2 Å². The third-order valence-electron chi connectivity index (χ3n) is 4.13. The Bertz CT molecular complexity index is 769. The summed E-state index contributed by atoms with van der Waals surface area (Å²) >= 11 is 5.95. The summed E-state index contributed by atoms with van der Waals surface area (Å²) in [7, 11) is 0. The second-order valence-electron chi connectivity index (χ2n) is 5.85. The maximum absolute atomic E-state index is 12.4. The van der Waals surface area contributed by atoms with Gasteiger partial charge in [-0.05, 0) is 17.7 Å². The van der Waals surface area contributed by atoms with Crippen LogP contribution < -0.4 is 0 Å². The molecule has 2 aromatic rings. The van der Waals surface area contributed by atoms with Crippen molar-refractivity contribution in [1.29, 1.82) is 0 Å². The molecule has 0 atom stereocenters. The molecule has 1 fully saturated rings. The monoisotopic (exact) mass is 362 g/mol. The van der Waals surface area contributed by atoms with Crippen molar-refractivity contribution in [3.8, 4) is 0 Å². The Balaban J connectivity index is 1.54. The van der Waals surface area contributed by atoms with Crippen molar-refractivity contribution in [1.82, 2.24) is 19.9 Å². The number of aromatic nitrogens is 2. The van der Waals surface area contributed by atoms with E-state index >= 15 is 0 Å². The summed E-state index contributed by atoms with van der Waals surface area (Å²) in [6.07, 6.45) is 0.917. The molecule has 0 bridgehead atoms. The molecule has 8 heteroatoms. The predicted octanol–water partition coefficient (Wildman–Crippen LogP) is 1.81.